The lowest BCUT2D eigenvalue weighted by Gasteiger charge is -2.28. The van der Waals surface area contributed by atoms with Crippen LogP contribution in [-0.4, -0.2) is 54.2 Å². The summed E-state index contributed by atoms with van der Waals surface area (Å²) in [7, 11) is 3.02. The Kier molecular flexibility index (Phi) is 3.66. The zero-order valence-corrected chi connectivity index (χ0v) is 11.6. The van der Waals surface area contributed by atoms with Crippen molar-refractivity contribution in [3.63, 3.8) is 0 Å². The number of methoxy groups -OCH3 is 1. The van der Waals surface area contributed by atoms with Crippen molar-refractivity contribution >= 4 is 24.0 Å². The molecule has 1 unspecified atom stereocenters. The molecule has 0 spiro atoms. The molecule has 0 fully saturated rings. The van der Waals surface area contributed by atoms with Crippen molar-refractivity contribution in [1.29, 1.82) is 5.26 Å². The first-order valence-corrected chi connectivity index (χ1v) is 6.20. The van der Waals surface area contributed by atoms with Gasteiger partial charge in [0.05, 0.1) is 14.2 Å². The Bertz CT molecular complexity index is 610. The van der Waals surface area contributed by atoms with Crippen LogP contribution in [-0.2, 0) is 9.53 Å². The number of hydrogen-bond acceptors (Lipinski definition) is 5. The zero-order chi connectivity index (χ0) is 14.9. The van der Waals surface area contributed by atoms with Crippen molar-refractivity contribution in [2.75, 3.05) is 20.7 Å². The minimum absolute atomic E-state index is 0.284. The van der Waals surface area contributed by atoms with Crippen LogP contribution in [0.2, 0.25) is 0 Å². The number of ether oxygens (including phenoxy) is 1. The number of carbonyl (C=O) groups excluding carboxylic acids is 2. The fourth-order valence-electron chi connectivity index (χ4n) is 2.35. The molecule has 0 radical (unpaired) electrons. The molecule has 0 aromatic heterocycles. The topological polar surface area (TPSA) is 85.8 Å². The Hall–Kier alpha value is -2.49. The van der Waals surface area contributed by atoms with Gasteiger partial charge in [-0.1, -0.05) is 6.92 Å². The van der Waals surface area contributed by atoms with E-state index in [0.29, 0.717) is 18.0 Å². The van der Waals surface area contributed by atoms with Gasteiger partial charge in [-0.05, 0) is 6.42 Å². The summed E-state index contributed by atoms with van der Waals surface area (Å²) >= 11 is 0. The summed E-state index contributed by atoms with van der Waals surface area (Å²) in [6.07, 6.45) is 2.28. The van der Waals surface area contributed by atoms with E-state index in [0.717, 1.165) is 10.5 Å². The van der Waals surface area contributed by atoms with Crippen LogP contribution >= 0.6 is 0 Å². The van der Waals surface area contributed by atoms with Crippen molar-refractivity contribution in [1.82, 2.24) is 4.90 Å². The molecule has 7 nitrogen and oxygen atoms in total. The molecular weight excluding hydrogens is 260 g/mol. The fourth-order valence-corrected chi connectivity index (χ4v) is 2.35. The maximum atomic E-state index is 12.5. The Morgan fingerprint density at radius 2 is 2.25 bits per heavy atom. The van der Waals surface area contributed by atoms with E-state index in [-0.39, 0.29) is 6.54 Å². The number of nitriles is 1. The van der Waals surface area contributed by atoms with Crippen molar-refractivity contribution in [2.24, 2.45) is 10.9 Å². The largest absolute Gasteiger partial charge is 0.499 e. The molecule has 0 N–H and O–H groups in total. The molecule has 1 atom stereocenters. The van der Waals surface area contributed by atoms with Gasteiger partial charge in [-0.25, -0.2) is 4.79 Å². The molecule has 0 aliphatic carbocycles. The van der Waals surface area contributed by atoms with Crippen molar-refractivity contribution in [2.45, 2.75) is 13.3 Å². The van der Waals surface area contributed by atoms with Crippen molar-refractivity contribution in [3.05, 3.63) is 11.3 Å². The maximum Gasteiger partial charge on any atom is 0.446 e. The third kappa shape index (κ3) is 1.90. The summed E-state index contributed by atoms with van der Waals surface area (Å²) in [4.78, 5) is 29.6. The fraction of sp³-hybridized carbons (Fsp3) is 0.462. The molecule has 2 aliphatic rings. The number of amidine groups is 1. The van der Waals surface area contributed by atoms with Crippen LogP contribution in [0.25, 0.3) is 0 Å². The van der Waals surface area contributed by atoms with Crippen LogP contribution in [0.5, 0.6) is 0 Å². The molecule has 2 aliphatic heterocycles. The lowest BCUT2D eigenvalue weighted by molar-refractivity contribution is -0.408. The van der Waals surface area contributed by atoms with Crippen LogP contribution in [0.3, 0.4) is 0 Å². The first-order chi connectivity index (χ1) is 9.56. The van der Waals surface area contributed by atoms with E-state index in [1.807, 2.05) is 13.0 Å². The summed E-state index contributed by atoms with van der Waals surface area (Å²) in [6, 6.07) is 1.28. The number of carbonyl (C=O) groups is 2. The smallest absolute Gasteiger partial charge is 0.446 e. The number of rotatable bonds is 3. The van der Waals surface area contributed by atoms with Crippen LogP contribution in [0.1, 0.15) is 13.3 Å². The highest BCUT2D eigenvalue weighted by molar-refractivity contribution is 6.16. The van der Waals surface area contributed by atoms with Gasteiger partial charge in [0.1, 0.15) is 18.0 Å². The third-order valence-electron chi connectivity index (χ3n) is 3.39. The van der Waals surface area contributed by atoms with Crippen LogP contribution in [0.4, 0.5) is 4.79 Å². The number of allylic oxidation sites excluding steroid dienone is 1. The molecule has 20 heavy (non-hydrogen) atoms. The van der Waals surface area contributed by atoms with Gasteiger partial charge < -0.3 is 4.74 Å². The van der Waals surface area contributed by atoms with Gasteiger partial charge in [0.2, 0.25) is 0 Å². The Balaban J connectivity index is 2.59. The lowest BCUT2D eigenvalue weighted by atomic mass is 9.94. The van der Waals surface area contributed by atoms with E-state index in [2.05, 4.69) is 4.99 Å². The third-order valence-corrected chi connectivity index (χ3v) is 3.39. The van der Waals surface area contributed by atoms with Gasteiger partial charge in [0.15, 0.2) is 12.5 Å². The minimum atomic E-state index is -0.754. The number of hydrogen-bond donors (Lipinski definition) is 0. The van der Waals surface area contributed by atoms with Gasteiger partial charge in [-0.15, -0.1) is 4.99 Å². The van der Waals surface area contributed by atoms with Crippen molar-refractivity contribution < 1.29 is 18.9 Å². The molecule has 104 valence electrons. The summed E-state index contributed by atoms with van der Waals surface area (Å²) in [6.45, 7) is 1.65. The predicted molar refractivity (Wildman–Crippen MR) is 70.2 cm³/mol. The van der Waals surface area contributed by atoms with Gasteiger partial charge in [-0.3, -0.25) is 4.79 Å². The van der Waals surface area contributed by atoms with E-state index in [1.54, 1.807) is 6.21 Å². The number of imide groups is 1. The van der Waals surface area contributed by atoms with Crippen LogP contribution in [0, 0.1) is 17.2 Å². The summed E-state index contributed by atoms with van der Waals surface area (Å²) < 4.78 is 6.63. The minimum Gasteiger partial charge on any atom is -0.499 e. The SMILES string of the molecule is CCC1=C(OC)C2C(=O)N(CC#N)C(=O)[N+](C)=C2N=C1. The molecule has 2 rings (SSSR count). The Morgan fingerprint density at radius 1 is 1.55 bits per heavy atom. The van der Waals surface area contributed by atoms with E-state index < -0.39 is 17.9 Å². The maximum absolute atomic E-state index is 12.5. The monoisotopic (exact) mass is 275 g/mol. The molecule has 0 saturated carbocycles. The molecule has 2 heterocycles. The highest BCUT2D eigenvalue weighted by Gasteiger charge is 2.50. The van der Waals surface area contributed by atoms with Gasteiger partial charge >= 0.3 is 11.9 Å². The molecule has 0 saturated heterocycles. The Morgan fingerprint density at radius 3 is 2.80 bits per heavy atom. The normalized spacial score (nSPS) is 22.1. The number of aliphatic imine (C=N–C) groups is 1. The average molecular weight is 275 g/mol. The standard InChI is InChI=1S/C13H15N4O3/c1-4-8-7-15-11-9(10(8)20-3)12(18)17(6-5-14)13(19)16(11)2/h7,9H,4,6H2,1-3H3/q+1. The van der Waals surface area contributed by atoms with Gasteiger partial charge in [-0.2, -0.15) is 14.7 Å². The van der Waals surface area contributed by atoms with Crippen molar-refractivity contribution in [3.8, 4) is 6.07 Å². The van der Waals surface area contributed by atoms with Gasteiger partial charge in [0, 0.05) is 5.57 Å². The quantitative estimate of drug-likeness (QED) is 0.555. The molecule has 7 heteroatoms. The van der Waals surface area contributed by atoms with E-state index in [9.17, 15) is 9.59 Å². The highest BCUT2D eigenvalue weighted by Crippen LogP contribution is 2.28. The number of urea groups is 1. The van der Waals surface area contributed by atoms with Crippen LogP contribution in [0.15, 0.2) is 16.3 Å². The molecular formula is C13H15N4O3+. The number of dihydropyridines is 1. The number of nitrogens with zero attached hydrogens (tertiary/aromatic N) is 4. The second-order valence-electron chi connectivity index (χ2n) is 4.42. The lowest BCUT2D eigenvalue weighted by Crippen LogP contribution is -2.55. The molecule has 0 aromatic carbocycles. The summed E-state index contributed by atoms with van der Waals surface area (Å²) in [5.41, 5.74) is 0.814. The molecule has 0 aromatic rings. The number of amides is 3. The first kappa shape index (κ1) is 13.9. The summed E-state index contributed by atoms with van der Waals surface area (Å²) in [5, 5.41) is 8.76. The molecule has 3 amide bonds. The highest BCUT2D eigenvalue weighted by atomic mass is 16.5. The van der Waals surface area contributed by atoms with E-state index in [1.165, 1.54) is 18.7 Å². The van der Waals surface area contributed by atoms with Gasteiger partial charge in [0.25, 0.3) is 5.84 Å². The zero-order valence-electron chi connectivity index (χ0n) is 11.6. The second-order valence-corrected chi connectivity index (χ2v) is 4.42. The molecule has 0 bridgehead atoms. The van der Waals surface area contributed by atoms with E-state index >= 15 is 0 Å². The first-order valence-electron chi connectivity index (χ1n) is 6.20. The average Bonchev–Trinajstić information content (AvgIpc) is 2.47. The van der Waals surface area contributed by atoms with E-state index in [4.69, 9.17) is 10.00 Å². The predicted octanol–water partition coefficient (Wildman–Crippen LogP) is 0.524. The number of fused-ring (bicyclic) bond motifs is 1. The van der Waals surface area contributed by atoms with Crippen LogP contribution < -0.4 is 0 Å². The second kappa shape index (κ2) is 5.25. The summed E-state index contributed by atoms with van der Waals surface area (Å²) in [5.74, 6) is -0.395. The Labute approximate surface area is 116 Å².